The lowest BCUT2D eigenvalue weighted by Crippen LogP contribution is -2.43. The van der Waals surface area contributed by atoms with Crippen LogP contribution in [0.4, 0.5) is 4.39 Å². The van der Waals surface area contributed by atoms with Crippen LogP contribution in [0.15, 0.2) is 18.2 Å². The van der Waals surface area contributed by atoms with Crippen LogP contribution in [0.5, 0.6) is 5.75 Å². The first-order chi connectivity index (χ1) is 9.86. The van der Waals surface area contributed by atoms with Crippen molar-refractivity contribution < 1.29 is 19.0 Å². The van der Waals surface area contributed by atoms with Crippen LogP contribution in [0, 0.1) is 5.82 Å². The summed E-state index contributed by atoms with van der Waals surface area (Å²) in [5, 5.41) is 10.5. The summed E-state index contributed by atoms with van der Waals surface area (Å²) in [5.41, 5.74) is -0.730. The van der Waals surface area contributed by atoms with Gasteiger partial charge in [-0.3, -0.25) is 4.79 Å². The fourth-order valence-corrected chi connectivity index (χ4v) is 2.80. The van der Waals surface area contributed by atoms with Gasteiger partial charge in [0.05, 0.1) is 24.8 Å². The van der Waals surface area contributed by atoms with Gasteiger partial charge in [0.2, 0.25) is 0 Å². The van der Waals surface area contributed by atoms with Crippen molar-refractivity contribution in [2.45, 2.75) is 12.0 Å². The van der Waals surface area contributed by atoms with Crippen molar-refractivity contribution in [3.8, 4) is 5.75 Å². The summed E-state index contributed by atoms with van der Waals surface area (Å²) in [6.07, 6.45) is 0.508. The van der Waals surface area contributed by atoms with Gasteiger partial charge in [-0.2, -0.15) is 0 Å². The molecule has 1 atom stereocenters. The second kappa shape index (κ2) is 5.99. The number of ether oxygens (including phenoxy) is 1. The molecule has 0 saturated carbocycles. The van der Waals surface area contributed by atoms with Gasteiger partial charge in [0, 0.05) is 13.1 Å². The van der Waals surface area contributed by atoms with Crippen molar-refractivity contribution in [2.24, 2.45) is 0 Å². The van der Waals surface area contributed by atoms with E-state index in [0.29, 0.717) is 19.5 Å². The zero-order chi connectivity index (χ0) is 15.6. The van der Waals surface area contributed by atoms with E-state index in [1.165, 1.54) is 25.3 Å². The normalized spacial score (nSPS) is 21.9. The molecule has 1 fully saturated rings. The van der Waals surface area contributed by atoms with Gasteiger partial charge in [0.15, 0.2) is 11.6 Å². The third-order valence-electron chi connectivity index (χ3n) is 3.63. The van der Waals surface area contributed by atoms with E-state index in [0.717, 1.165) is 0 Å². The molecule has 0 spiro atoms. The van der Waals surface area contributed by atoms with Crippen molar-refractivity contribution in [2.75, 3.05) is 40.8 Å². The summed E-state index contributed by atoms with van der Waals surface area (Å²) in [4.78, 5) is 15.9. The highest BCUT2D eigenvalue weighted by molar-refractivity contribution is 5.97. The van der Waals surface area contributed by atoms with E-state index < -0.39 is 11.4 Å². The standard InChI is InChI=1S/C15H21FN2O3/c1-17(2)9-15(20)7-8-18(10-15)14(19)11-5-4-6-12(16)13(11)21-3/h4-6,20H,7-10H2,1-3H3. The molecule has 1 aliphatic rings. The SMILES string of the molecule is COc1c(F)cccc1C(=O)N1CCC(O)(CN(C)C)C1. The Morgan fingerprint density at radius 1 is 1.52 bits per heavy atom. The number of rotatable bonds is 4. The topological polar surface area (TPSA) is 53.0 Å². The maximum absolute atomic E-state index is 13.7. The Kier molecular flexibility index (Phi) is 4.49. The molecule has 2 rings (SSSR count). The molecule has 1 N–H and O–H groups in total. The number of amides is 1. The predicted octanol–water partition coefficient (Wildman–Crippen LogP) is 0.973. The van der Waals surface area contributed by atoms with Crippen LogP contribution >= 0.6 is 0 Å². The number of benzene rings is 1. The highest BCUT2D eigenvalue weighted by Crippen LogP contribution is 2.28. The van der Waals surface area contributed by atoms with Crippen LogP contribution < -0.4 is 4.74 Å². The number of nitrogens with zero attached hydrogens (tertiary/aromatic N) is 2. The van der Waals surface area contributed by atoms with Crippen LogP contribution in [-0.2, 0) is 0 Å². The fraction of sp³-hybridized carbons (Fsp3) is 0.533. The second-order valence-corrected chi connectivity index (χ2v) is 5.76. The van der Waals surface area contributed by atoms with E-state index in [-0.39, 0.29) is 23.8 Å². The van der Waals surface area contributed by atoms with Gasteiger partial charge in [-0.25, -0.2) is 4.39 Å². The summed E-state index contributed by atoms with van der Waals surface area (Å²) < 4.78 is 18.7. The first kappa shape index (κ1) is 15.7. The minimum atomic E-state index is -0.917. The van der Waals surface area contributed by atoms with Crippen molar-refractivity contribution in [3.63, 3.8) is 0 Å². The average Bonchev–Trinajstić information content (AvgIpc) is 2.78. The zero-order valence-electron chi connectivity index (χ0n) is 12.6. The molecule has 1 aromatic carbocycles. The summed E-state index contributed by atoms with van der Waals surface area (Å²) in [6.45, 7) is 1.17. The van der Waals surface area contributed by atoms with Crippen molar-refractivity contribution >= 4 is 5.91 Å². The molecule has 0 aromatic heterocycles. The van der Waals surface area contributed by atoms with Gasteiger partial charge in [-0.05, 0) is 32.6 Å². The van der Waals surface area contributed by atoms with Crippen LogP contribution in [0.1, 0.15) is 16.8 Å². The summed E-state index contributed by atoms with van der Waals surface area (Å²) in [7, 11) is 5.08. The Morgan fingerprint density at radius 3 is 2.86 bits per heavy atom. The third kappa shape index (κ3) is 3.33. The molecule has 0 aliphatic carbocycles. The molecule has 1 aliphatic heterocycles. The number of hydrogen-bond acceptors (Lipinski definition) is 4. The van der Waals surface area contributed by atoms with E-state index in [9.17, 15) is 14.3 Å². The number of likely N-dealkylation sites (N-methyl/N-ethyl adjacent to an activating group) is 1. The molecule has 116 valence electrons. The zero-order valence-corrected chi connectivity index (χ0v) is 12.6. The van der Waals surface area contributed by atoms with Crippen molar-refractivity contribution in [1.82, 2.24) is 9.80 Å². The minimum absolute atomic E-state index is 0.0504. The molecule has 0 bridgehead atoms. The monoisotopic (exact) mass is 296 g/mol. The summed E-state index contributed by atoms with van der Waals surface area (Å²) in [5.74, 6) is -0.933. The average molecular weight is 296 g/mol. The first-order valence-corrected chi connectivity index (χ1v) is 6.85. The Bertz CT molecular complexity index is 536. The number of hydrogen-bond donors (Lipinski definition) is 1. The highest BCUT2D eigenvalue weighted by atomic mass is 19.1. The van der Waals surface area contributed by atoms with Crippen LogP contribution in [-0.4, -0.2) is 67.3 Å². The number of aliphatic hydroxyl groups is 1. The van der Waals surface area contributed by atoms with Gasteiger partial charge in [0.1, 0.15) is 0 Å². The number of likely N-dealkylation sites (tertiary alicyclic amines) is 1. The van der Waals surface area contributed by atoms with Crippen molar-refractivity contribution in [1.29, 1.82) is 0 Å². The quantitative estimate of drug-likeness (QED) is 0.899. The largest absolute Gasteiger partial charge is 0.493 e. The Morgan fingerprint density at radius 2 is 2.24 bits per heavy atom. The van der Waals surface area contributed by atoms with Gasteiger partial charge in [-0.15, -0.1) is 0 Å². The number of halogens is 1. The van der Waals surface area contributed by atoms with Crippen molar-refractivity contribution in [3.05, 3.63) is 29.6 Å². The predicted molar refractivity (Wildman–Crippen MR) is 77.0 cm³/mol. The van der Waals surface area contributed by atoms with Gasteiger partial charge >= 0.3 is 0 Å². The molecule has 1 amide bonds. The van der Waals surface area contributed by atoms with E-state index >= 15 is 0 Å². The maximum Gasteiger partial charge on any atom is 0.257 e. The summed E-state index contributed by atoms with van der Waals surface area (Å²) in [6, 6.07) is 4.27. The number of para-hydroxylation sites is 1. The van der Waals surface area contributed by atoms with E-state index in [2.05, 4.69) is 0 Å². The molecular weight excluding hydrogens is 275 g/mol. The highest BCUT2D eigenvalue weighted by Gasteiger charge is 2.39. The minimum Gasteiger partial charge on any atom is -0.493 e. The lowest BCUT2D eigenvalue weighted by Gasteiger charge is -2.26. The number of carbonyl (C=O) groups excluding carboxylic acids is 1. The molecule has 5 nitrogen and oxygen atoms in total. The third-order valence-corrected chi connectivity index (χ3v) is 3.63. The molecule has 0 radical (unpaired) electrons. The second-order valence-electron chi connectivity index (χ2n) is 5.76. The van der Waals surface area contributed by atoms with Crippen LogP contribution in [0.3, 0.4) is 0 Å². The molecule has 1 aromatic rings. The first-order valence-electron chi connectivity index (χ1n) is 6.85. The molecule has 6 heteroatoms. The van der Waals surface area contributed by atoms with Crippen LogP contribution in [0.25, 0.3) is 0 Å². The maximum atomic E-state index is 13.7. The lowest BCUT2D eigenvalue weighted by atomic mass is 10.0. The van der Waals surface area contributed by atoms with Gasteiger partial charge in [0.25, 0.3) is 5.91 Å². The van der Waals surface area contributed by atoms with E-state index in [1.54, 1.807) is 4.90 Å². The lowest BCUT2D eigenvalue weighted by molar-refractivity contribution is 0.0235. The molecular formula is C15H21FN2O3. The van der Waals surface area contributed by atoms with Gasteiger partial charge in [-0.1, -0.05) is 6.07 Å². The molecule has 1 saturated heterocycles. The Labute approximate surface area is 123 Å². The number of carbonyl (C=O) groups is 1. The molecule has 21 heavy (non-hydrogen) atoms. The Balaban J connectivity index is 2.17. The smallest absolute Gasteiger partial charge is 0.257 e. The summed E-state index contributed by atoms with van der Waals surface area (Å²) >= 11 is 0. The van der Waals surface area contributed by atoms with Crippen LogP contribution in [0.2, 0.25) is 0 Å². The van der Waals surface area contributed by atoms with E-state index in [4.69, 9.17) is 4.74 Å². The molecule has 1 unspecified atom stereocenters. The fourth-order valence-electron chi connectivity index (χ4n) is 2.80. The number of β-amino-alcohol motifs (C(OH)–C–C–N with tert-alkyl or cyclic N) is 1. The Hall–Kier alpha value is -1.66. The van der Waals surface area contributed by atoms with Gasteiger partial charge < -0.3 is 19.6 Å². The molecule has 1 heterocycles. The van der Waals surface area contributed by atoms with E-state index in [1.807, 2.05) is 19.0 Å². The number of methoxy groups -OCH3 is 1.